The fourth-order valence-electron chi connectivity index (χ4n) is 1.50. The number of carbonyl (C=O) groups is 1. The Balaban J connectivity index is 0.000000288. The Bertz CT molecular complexity index is 156. The van der Waals surface area contributed by atoms with E-state index in [-0.39, 0.29) is 11.9 Å². The van der Waals surface area contributed by atoms with Crippen molar-refractivity contribution in [1.29, 1.82) is 0 Å². The molecule has 1 saturated heterocycles. The van der Waals surface area contributed by atoms with Crippen LogP contribution in [0.3, 0.4) is 0 Å². The monoisotopic (exact) mass is 215 g/mol. The van der Waals surface area contributed by atoms with Crippen molar-refractivity contribution in [3.8, 4) is 0 Å². The topological polar surface area (TPSA) is 38.3 Å². The standard InChI is InChI=1S/C6H11NO2.C6H14/c1-9-4-5-2-3-6(8)7-5;1-3-5-6-4-2/h5H,2-4H2,1H3,(H,7,8);3-6H2,1-2H3. The predicted molar refractivity (Wildman–Crippen MR) is 62.9 cm³/mol. The van der Waals surface area contributed by atoms with Crippen molar-refractivity contribution in [3.63, 3.8) is 0 Å². The summed E-state index contributed by atoms with van der Waals surface area (Å²) in [7, 11) is 1.64. The minimum atomic E-state index is 0.150. The number of unbranched alkanes of at least 4 members (excludes halogenated alkanes) is 3. The molecule has 0 radical (unpaired) electrons. The van der Waals surface area contributed by atoms with E-state index >= 15 is 0 Å². The second kappa shape index (κ2) is 9.97. The zero-order chi connectivity index (χ0) is 11.5. The van der Waals surface area contributed by atoms with Crippen LogP contribution in [0.1, 0.15) is 52.4 Å². The summed E-state index contributed by atoms with van der Waals surface area (Å²) in [6, 6.07) is 0.266. The smallest absolute Gasteiger partial charge is 0.220 e. The van der Waals surface area contributed by atoms with Crippen molar-refractivity contribution in [1.82, 2.24) is 5.32 Å². The molecular formula is C12H25NO2. The highest BCUT2D eigenvalue weighted by atomic mass is 16.5. The number of ether oxygens (including phenoxy) is 1. The third-order valence-electron chi connectivity index (χ3n) is 2.41. The molecule has 1 N–H and O–H groups in total. The van der Waals surface area contributed by atoms with Crippen molar-refractivity contribution in [3.05, 3.63) is 0 Å². The fraction of sp³-hybridized carbons (Fsp3) is 0.917. The highest BCUT2D eigenvalue weighted by molar-refractivity contribution is 5.78. The Morgan fingerprint density at radius 3 is 2.27 bits per heavy atom. The summed E-state index contributed by atoms with van der Waals surface area (Å²) in [6.45, 7) is 5.11. The van der Waals surface area contributed by atoms with Crippen molar-refractivity contribution in [2.75, 3.05) is 13.7 Å². The van der Waals surface area contributed by atoms with E-state index in [0.29, 0.717) is 13.0 Å². The van der Waals surface area contributed by atoms with Gasteiger partial charge in [0.05, 0.1) is 12.6 Å². The van der Waals surface area contributed by atoms with Gasteiger partial charge in [-0.05, 0) is 6.42 Å². The van der Waals surface area contributed by atoms with Crippen LogP contribution in [-0.2, 0) is 9.53 Å². The quantitative estimate of drug-likeness (QED) is 0.716. The molecule has 0 aromatic rings. The molecule has 1 aliphatic rings. The van der Waals surface area contributed by atoms with Crippen molar-refractivity contribution in [2.24, 2.45) is 0 Å². The summed E-state index contributed by atoms with van der Waals surface area (Å²) in [6.07, 6.45) is 7.12. The first-order chi connectivity index (χ1) is 7.24. The minimum Gasteiger partial charge on any atom is -0.383 e. The normalized spacial score (nSPS) is 19.4. The van der Waals surface area contributed by atoms with Gasteiger partial charge in [0.2, 0.25) is 5.91 Å². The lowest BCUT2D eigenvalue weighted by Crippen LogP contribution is -2.29. The van der Waals surface area contributed by atoms with Gasteiger partial charge >= 0.3 is 0 Å². The summed E-state index contributed by atoms with van der Waals surface area (Å²) in [5.74, 6) is 0.150. The van der Waals surface area contributed by atoms with Crippen LogP contribution in [0.2, 0.25) is 0 Å². The molecule has 1 atom stereocenters. The lowest BCUT2D eigenvalue weighted by Gasteiger charge is -2.05. The van der Waals surface area contributed by atoms with Gasteiger partial charge in [0.25, 0.3) is 0 Å². The number of methoxy groups -OCH3 is 1. The maximum Gasteiger partial charge on any atom is 0.220 e. The predicted octanol–water partition coefficient (Wildman–Crippen LogP) is 2.50. The molecule has 1 heterocycles. The number of nitrogens with one attached hydrogen (secondary N) is 1. The van der Waals surface area contributed by atoms with Crippen LogP contribution in [0, 0.1) is 0 Å². The van der Waals surface area contributed by atoms with Gasteiger partial charge in [0.15, 0.2) is 0 Å². The second-order valence-electron chi connectivity index (χ2n) is 3.97. The number of hydrogen-bond donors (Lipinski definition) is 1. The van der Waals surface area contributed by atoms with E-state index in [1.165, 1.54) is 25.7 Å². The number of amides is 1. The minimum absolute atomic E-state index is 0.150. The van der Waals surface area contributed by atoms with Crippen LogP contribution < -0.4 is 5.32 Å². The molecule has 0 saturated carbocycles. The van der Waals surface area contributed by atoms with E-state index in [2.05, 4.69) is 19.2 Å². The van der Waals surface area contributed by atoms with Gasteiger partial charge < -0.3 is 10.1 Å². The lowest BCUT2D eigenvalue weighted by atomic mass is 10.2. The molecule has 0 aromatic carbocycles. The number of carbonyl (C=O) groups excluding carboxylic acids is 1. The van der Waals surface area contributed by atoms with E-state index in [0.717, 1.165) is 6.42 Å². The van der Waals surface area contributed by atoms with E-state index < -0.39 is 0 Å². The van der Waals surface area contributed by atoms with Gasteiger partial charge in [-0.25, -0.2) is 0 Å². The van der Waals surface area contributed by atoms with Crippen LogP contribution in [-0.4, -0.2) is 25.7 Å². The van der Waals surface area contributed by atoms with Crippen LogP contribution in [0.4, 0.5) is 0 Å². The Kier molecular flexibility index (Phi) is 9.59. The SMILES string of the molecule is CCCCCC.COCC1CCC(=O)N1. The van der Waals surface area contributed by atoms with Gasteiger partial charge in [0, 0.05) is 13.5 Å². The molecule has 1 unspecified atom stereocenters. The molecule has 3 heteroatoms. The van der Waals surface area contributed by atoms with E-state index in [1.807, 2.05) is 0 Å². The summed E-state index contributed by atoms with van der Waals surface area (Å²) in [4.78, 5) is 10.6. The zero-order valence-corrected chi connectivity index (χ0v) is 10.3. The molecule has 0 aliphatic carbocycles. The van der Waals surface area contributed by atoms with Crippen LogP contribution in [0.15, 0.2) is 0 Å². The average Bonchev–Trinajstić information content (AvgIpc) is 2.63. The summed E-state index contributed by atoms with van der Waals surface area (Å²) in [5.41, 5.74) is 0. The molecule has 90 valence electrons. The number of rotatable bonds is 5. The highest BCUT2D eigenvalue weighted by Gasteiger charge is 2.19. The molecule has 0 aromatic heterocycles. The first-order valence-corrected chi connectivity index (χ1v) is 6.02. The van der Waals surface area contributed by atoms with Crippen LogP contribution in [0.25, 0.3) is 0 Å². The molecule has 1 rings (SSSR count). The number of hydrogen-bond acceptors (Lipinski definition) is 2. The molecule has 1 aliphatic heterocycles. The summed E-state index contributed by atoms with van der Waals surface area (Å²) < 4.78 is 4.86. The van der Waals surface area contributed by atoms with Gasteiger partial charge in [0.1, 0.15) is 0 Å². The molecule has 0 spiro atoms. The first kappa shape index (κ1) is 14.4. The van der Waals surface area contributed by atoms with E-state index in [9.17, 15) is 4.79 Å². The zero-order valence-electron chi connectivity index (χ0n) is 10.3. The van der Waals surface area contributed by atoms with E-state index in [4.69, 9.17) is 4.74 Å². The van der Waals surface area contributed by atoms with Crippen molar-refractivity contribution >= 4 is 5.91 Å². The largest absolute Gasteiger partial charge is 0.383 e. The molecule has 1 fully saturated rings. The maximum atomic E-state index is 10.6. The highest BCUT2D eigenvalue weighted by Crippen LogP contribution is 2.05. The van der Waals surface area contributed by atoms with Gasteiger partial charge in [-0.3, -0.25) is 4.79 Å². The van der Waals surface area contributed by atoms with Crippen molar-refractivity contribution < 1.29 is 9.53 Å². The Labute approximate surface area is 93.6 Å². The molecule has 0 bridgehead atoms. The molecule has 3 nitrogen and oxygen atoms in total. The molecular weight excluding hydrogens is 190 g/mol. The molecule has 15 heavy (non-hydrogen) atoms. The Morgan fingerprint density at radius 2 is 1.93 bits per heavy atom. The molecule has 1 amide bonds. The average molecular weight is 215 g/mol. The van der Waals surface area contributed by atoms with Gasteiger partial charge in [-0.1, -0.05) is 39.5 Å². The fourth-order valence-corrected chi connectivity index (χ4v) is 1.50. The summed E-state index contributed by atoms with van der Waals surface area (Å²) >= 11 is 0. The maximum absolute atomic E-state index is 10.6. The van der Waals surface area contributed by atoms with Gasteiger partial charge in [-0.15, -0.1) is 0 Å². The third kappa shape index (κ3) is 8.43. The second-order valence-corrected chi connectivity index (χ2v) is 3.97. The van der Waals surface area contributed by atoms with Crippen LogP contribution in [0.5, 0.6) is 0 Å². The Hall–Kier alpha value is -0.570. The lowest BCUT2D eigenvalue weighted by molar-refractivity contribution is -0.119. The first-order valence-electron chi connectivity index (χ1n) is 6.02. The van der Waals surface area contributed by atoms with Gasteiger partial charge in [-0.2, -0.15) is 0 Å². The van der Waals surface area contributed by atoms with Crippen molar-refractivity contribution in [2.45, 2.75) is 58.4 Å². The third-order valence-corrected chi connectivity index (χ3v) is 2.41. The van der Waals surface area contributed by atoms with Crippen LogP contribution >= 0.6 is 0 Å². The van der Waals surface area contributed by atoms with E-state index in [1.54, 1.807) is 7.11 Å². The summed E-state index contributed by atoms with van der Waals surface area (Å²) in [5, 5.41) is 2.79. The Morgan fingerprint density at radius 1 is 1.33 bits per heavy atom.